The predicted octanol–water partition coefficient (Wildman–Crippen LogP) is 13.1. The molecule has 0 atom stereocenters. The molecule has 0 amide bonds. The summed E-state index contributed by atoms with van der Waals surface area (Å²) >= 11 is 0. The quantitative estimate of drug-likeness (QED) is 0.183. The van der Waals surface area contributed by atoms with Gasteiger partial charge in [0.1, 0.15) is 16.7 Å². The van der Waals surface area contributed by atoms with Crippen LogP contribution < -0.4 is 0 Å². The number of para-hydroxylation sites is 2. The van der Waals surface area contributed by atoms with Gasteiger partial charge in [0, 0.05) is 38.7 Å². The highest BCUT2D eigenvalue weighted by molar-refractivity contribution is 6.27. The van der Waals surface area contributed by atoms with E-state index < -0.39 is 0 Å². The first-order chi connectivity index (χ1) is 24.3. The van der Waals surface area contributed by atoms with Crippen LogP contribution in [0.5, 0.6) is 0 Å². The zero-order valence-corrected chi connectivity index (χ0v) is 26.4. The number of hydrogen-bond acceptors (Lipinski definition) is 2. The zero-order chi connectivity index (χ0) is 32.1. The van der Waals surface area contributed by atoms with Crippen molar-refractivity contribution in [3.63, 3.8) is 0 Å². The van der Waals surface area contributed by atoms with Crippen LogP contribution in [0.1, 0.15) is 0 Å². The van der Waals surface area contributed by atoms with Crippen molar-refractivity contribution in [2.24, 2.45) is 0 Å². The molecule has 3 heteroatoms. The van der Waals surface area contributed by atoms with E-state index in [1.807, 2.05) is 12.1 Å². The Morgan fingerprint density at radius 1 is 0.408 bits per heavy atom. The van der Waals surface area contributed by atoms with Crippen molar-refractivity contribution in [2.45, 2.75) is 0 Å². The van der Waals surface area contributed by atoms with Crippen molar-refractivity contribution >= 4 is 76.3 Å². The Morgan fingerprint density at radius 2 is 1.06 bits per heavy atom. The molecule has 0 bridgehead atoms. The molecule has 3 heterocycles. The lowest BCUT2D eigenvalue weighted by Gasteiger charge is -2.18. The molecular weight excluding hydrogens is 599 g/mol. The molecule has 11 rings (SSSR count). The summed E-state index contributed by atoms with van der Waals surface area (Å²) in [5, 5.41) is 10.7. The Morgan fingerprint density at radius 3 is 1.84 bits per heavy atom. The minimum atomic E-state index is 0.835. The second kappa shape index (κ2) is 9.96. The standard InChI is InChI=1S/C46H27NO2/c1-2-11-30(12-3-1)47-39-19-9-8-17-35(39)46-36(18-10-20-40(46)47)45-33-15-6-4-13-31(33)44(32-14-5-7-16-34(32)45)29-21-22-41-37(26-29)38-25-28-23-24-48-42(28)27-43(38)49-41/h1-27H. The van der Waals surface area contributed by atoms with Crippen molar-refractivity contribution in [2.75, 3.05) is 0 Å². The average Bonchev–Trinajstić information content (AvgIpc) is 3.86. The normalized spacial score (nSPS) is 12.1. The second-order valence-corrected chi connectivity index (χ2v) is 12.8. The van der Waals surface area contributed by atoms with E-state index in [2.05, 4.69) is 150 Å². The lowest BCUT2D eigenvalue weighted by molar-refractivity contribution is 0.613. The third kappa shape index (κ3) is 3.73. The van der Waals surface area contributed by atoms with Gasteiger partial charge in [0.25, 0.3) is 0 Å². The van der Waals surface area contributed by atoms with Gasteiger partial charge in [-0.25, -0.2) is 0 Å². The summed E-state index contributed by atoms with van der Waals surface area (Å²) in [5.74, 6) is 0. The van der Waals surface area contributed by atoms with Crippen molar-refractivity contribution in [1.29, 1.82) is 0 Å². The largest absolute Gasteiger partial charge is 0.464 e. The second-order valence-electron chi connectivity index (χ2n) is 12.8. The summed E-state index contributed by atoms with van der Waals surface area (Å²) < 4.78 is 14.4. The Balaban J connectivity index is 1.24. The monoisotopic (exact) mass is 625 g/mol. The highest BCUT2D eigenvalue weighted by Crippen LogP contribution is 2.48. The van der Waals surface area contributed by atoms with Crippen LogP contribution in [0.3, 0.4) is 0 Å². The Kier molecular flexibility index (Phi) is 5.38. The van der Waals surface area contributed by atoms with Crippen LogP contribution in [-0.4, -0.2) is 4.57 Å². The molecule has 0 saturated heterocycles. The van der Waals surface area contributed by atoms with Crippen LogP contribution in [-0.2, 0) is 0 Å². The van der Waals surface area contributed by atoms with Crippen molar-refractivity contribution in [3.05, 3.63) is 164 Å². The molecule has 8 aromatic carbocycles. The van der Waals surface area contributed by atoms with Crippen molar-refractivity contribution in [1.82, 2.24) is 4.57 Å². The van der Waals surface area contributed by atoms with Crippen LogP contribution in [0.15, 0.2) is 173 Å². The minimum Gasteiger partial charge on any atom is -0.464 e. The van der Waals surface area contributed by atoms with Crippen LogP contribution >= 0.6 is 0 Å². The average molecular weight is 626 g/mol. The molecule has 49 heavy (non-hydrogen) atoms. The molecule has 0 N–H and O–H groups in total. The van der Waals surface area contributed by atoms with Gasteiger partial charge in [-0.15, -0.1) is 0 Å². The number of nitrogens with zero attached hydrogens (tertiary/aromatic N) is 1. The summed E-state index contributed by atoms with van der Waals surface area (Å²) in [6.45, 7) is 0. The van der Waals surface area contributed by atoms with Crippen molar-refractivity contribution in [3.8, 4) is 27.9 Å². The Hall–Kier alpha value is -6.58. The highest BCUT2D eigenvalue weighted by atomic mass is 16.3. The number of fused-ring (bicyclic) bond motifs is 9. The molecular formula is C46H27NO2. The van der Waals surface area contributed by atoms with Gasteiger partial charge in [0.2, 0.25) is 0 Å². The van der Waals surface area contributed by atoms with E-state index >= 15 is 0 Å². The number of benzene rings is 8. The summed E-state index contributed by atoms with van der Waals surface area (Å²) in [4.78, 5) is 0. The van der Waals surface area contributed by atoms with Gasteiger partial charge in [0.05, 0.1) is 17.3 Å². The van der Waals surface area contributed by atoms with Crippen LogP contribution in [0.2, 0.25) is 0 Å². The zero-order valence-electron chi connectivity index (χ0n) is 26.4. The van der Waals surface area contributed by atoms with Gasteiger partial charge in [-0.1, -0.05) is 103 Å². The molecule has 228 valence electrons. The van der Waals surface area contributed by atoms with E-state index in [9.17, 15) is 0 Å². The summed E-state index contributed by atoms with van der Waals surface area (Å²) in [6, 6.07) is 56.8. The smallest absolute Gasteiger partial charge is 0.139 e. The summed E-state index contributed by atoms with van der Waals surface area (Å²) in [6.07, 6.45) is 1.73. The van der Waals surface area contributed by atoms with E-state index in [0.717, 1.165) is 38.6 Å². The topological polar surface area (TPSA) is 31.2 Å². The van der Waals surface area contributed by atoms with Crippen LogP contribution in [0, 0.1) is 0 Å². The molecule has 0 aliphatic carbocycles. The molecule has 0 radical (unpaired) electrons. The number of aromatic nitrogens is 1. The molecule has 11 aromatic rings. The molecule has 0 aliphatic rings. The van der Waals surface area contributed by atoms with E-state index in [1.54, 1.807) is 6.26 Å². The maximum absolute atomic E-state index is 6.32. The predicted molar refractivity (Wildman–Crippen MR) is 204 cm³/mol. The first-order valence-corrected chi connectivity index (χ1v) is 16.7. The fourth-order valence-electron chi connectivity index (χ4n) is 8.20. The lowest BCUT2D eigenvalue weighted by atomic mass is 9.84. The Labute approximate surface area is 280 Å². The van der Waals surface area contributed by atoms with E-state index in [-0.39, 0.29) is 0 Å². The van der Waals surface area contributed by atoms with Gasteiger partial charge in [-0.05, 0) is 92.3 Å². The fourth-order valence-corrected chi connectivity index (χ4v) is 8.20. The number of rotatable bonds is 3. The van der Waals surface area contributed by atoms with Gasteiger partial charge in [0.15, 0.2) is 0 Å². The van der Waals surface area contributed by atoms with Gasteiger partial charge in [-0.2, -0.15) is 0 Å². The maximum Gasteiger partial charge on any atom is 0.139 e. The fraction of sp³-hybridized carbons (Fsp3) is 0. The first-order valence-electron chi connectivity index (χ1n) is 16.7. The third-order valence-corrected chi connectivity index (χ3v) is 10.2. The summed E-state index contributed by atoms with van der Waals surface area (Å²) in [5.41, 5.74) is 11.0. The van der Waals surface area contributed by atoms with Crippen LogP contribution in [0.25, 0.3) is 104 Å². The SMILES string of the molecule is c1ccc(-n2c3ccccc3c3c(-c4c5ccccc5c(-c5ccc6oc7cc8occc8cc7c6c5)c5ccccc45)cccc32)cc1. The molecule has 3 aromatic heterocycles. The summed E-state index contributed by atoms with van der Waals surface area (Å²) in [7, 11) is 0. The highest BCUT2D eigenvalue weighted by Gasteiger charge is 2.22. The van der Waals surface area contributed by atoms with Gasteiger partial charge in [-0.3, -0.25) is 0 Å². The molecule has 0 fully saturated rings. The third-order valence-electron chi connectivity index (χ3n) is 10.2. The lowest BCUT2D eigenvalue weighted by Crippen LogP contribution is -1.93. The molecule has 0 unspecified atom stereocenters. The van der Waals surface area contributed by atoms with E-state index in [4.69, 9.17) is 8.83 Å². The van der Waals surface area contributed by atoms with E-state index in [1.165, 1.54) is 65.6 Å². The maximum atomic E-state index is 6.32. The van der Waals surface area contributed by atoms with Gasteiger partial charge >= 0.3 is 0 Å². The van der Waals surface area contributed by atoms with Gasteiger partial charge < -0.3 is 13.4 Å². The number of hydrogen-bond donors (Lipinski definition) is 0. The molecule has 0 spiro atoms. The van der Waals surface area contributed by atoms with Crippen molar-refractivity contribution < 1.29 is 8.83 Å². The molecule has 0 saturated carbocycles. The minimum absolute atomic E-state index is 0.835. The first kappa shape index (κ1) is 26.5. The van der Waals surface area contributed by atoms with E-state index in [0.29, 0.717) is 0 Å². The molecule has 0 aliphatic heterocycles. The number of furan rings is 2. The van der Waals surface area contributed by atoms with Crippen LogP contribution in [0.4, 0.5) is 0 Å². The Bertz CT molecular complexity index is 3050. The molecule has 3 nitrogen and oxygen atoms in total.